The topological polar surface area (TPSA) is 51.7 Å². The Morgan fingerprint density at radius 1 is 1.23 bits per heavy atom. The van der Waals surface area contributed by atoms with E-state index in [-0.39, 0.29) is 11.4 Å². The Hall–Kier alpha value is -2.40. The van der Waals surface area contributed by atoms with Crippen molar-refractivity contribution in [2.45, 2.75) is 37.8 Å². The van der Waals surface area contributed by atoms with Crippen LogP contribution in [0.3, 0.4) is 0 Å². The van der Waals surface area contributed by atoms with Crippen molar-refractivity contribution in [1.29, 1.82) is 0 Å². The van der Waals surface area contributed by atoms with E-state index < -0.39 is 0 Å². The van der Waals surface area contributed by atoms with Gasteiger partial charge in [-0.3, -0.25) is 9.69 Å². The molecule has 0 radical (unpaired) electrons. The second-order valence-corrected chi connectivity index (χ2v) is 7.22. The molecule has 3 heterocycles. The molecule has 0 bridgehead atoms. The van der Waals surface area contributed by atoms with Gasteiger partial charge in [0.05, 0.1) is 19.1 Å². The highest BCUT2D eigenvalue weighted by Gasteiger charge is 2.41. The average molecular weight is 352 g/mol. The SMILES string of the molecule is COc1cc(CN2CCCC3(CC2)CC(=O)c2ccccc2O3)ccn1. The van der Waals surface area contributed by atoms with Crippen molar-refractivity contribution in [3.63, 3.8) is 0 Å². The lowest BCUT2D eigenvalue weighted by molar-refractivity contribution is 0.0299. The molecule has 4 rings (SSSR count). The molecular formula is C21H24N2O3. The first-order valence-corrected chi connectivity index (χ1v) is 9.20. The first kappa shape index (κ1) is 17.0. The van der Waals surface area contributed by atoms with E-state index in [2.05, 4.69) is 9.88 Å². The Morgan fingerprint density at radius 2 is 2.12 bits per heavy atom. The molecular weight excluding hydrogens is 328 g/mol. The van der Waals surface area contributed by atoms with Crippen molar-refractivity contribution in [3.8, 4) is 11.6 Å². The maximum absolute atomic E-state index is 12.6. The second kappa shape index (κ2) is 7.08. The Morgan fingerprint density at radius 3 is 3.00 bits per heavy atom. The number of rotatable bonds is 3. The van der Waals surface area contributed by atoms with Crippen LogP contribution in [0.25, 0.3) is 0 Å². The van der Waals surface area contributed by atoms with Crippen LogP contribution in [0.2, 0.25) is 0 Å². The van der Waals surface area contributed by atoms with Gasteiger partial charge in [-0.05, 0) is 43.1 Å². The molecule has 2 aromatic rings. The number of carbonyl (C=O) groups excluding carboxylic acids is 1. The van der Waals surface area contributed by atoms with Gasteiger partial charge in [-0.1, -0.05) is 12.1 Å². The van der Waals surface area contributed by atoms with Crippen molar-refractivity contribution in [2.75, 3.05) is 20.2 Å². The average Bonchev–Trinajstić information content (AvgIpc) is 2.84. The zero-order valence-corrected chi connectivity index (χ0v) is 15.1. The molecule has 0 N–H and O–H groups in total. The molecule has 1 spiro atoms. The van der Waals surface area contributed by atoms with Gasteiger partial charge in [-0.25, -0.2) is 4.98 Å². The number of likely N-dealkylation sites (tertiary alicyclic amines) is 1. The molecule has 1 aromatic carbocycles. The summed E-state index contributed by atoms with van der Waals surface area (Å²) in [6.07, 6.45) is 5.09. The predicted octanol–water partition coefficient (Wildman–Crippen LogP) is 3.48. The van der Waals surface area contributed by atoms with Crippen LogP contribution in [0.4, 0.5) is 0 Å². The molecule has 1 atom stereocenters. The van der Waals surface area contributed by atoms with Crippen molar-refractivity contribution in [3.05, 3.63) is 53.7 Å². The highest BCUT2D eigenvalue weighted by Crippen LogP contribution is 2.39. The number of fused-ring (bicyclic) bond motifs is 1. The van der Waals surface area contributed by atoms with Crippen LogP contribution < -0.4 is 9.47 Å². The number of para-hydroxylation sites is 1. The third-order valence-corrected chi connectivity index (χ3v) is 5.40. The molecule has 2 aliphatic rings. The van der Waals surface area contributed by atoms with E-state index in [4.69, 9.17) is 9.47 Å². The number of nitrogens with zero attached hydrogens (tertiary/aromatic N) is 2. The van der Waals surface area contributed by atoms with E-state index in [0.29, 0.717) is 12.3 Å². The summed E-state index contributed by atoms with van der Waals surface area (Å²) in [4.78, 5) is 19.2. The summed E-state index contributed by atoms with van der Waals surface area (Å²) in [6.45, 7) is 2.78. The highest BCUT2D eigenvalue weighted by atomic mass is 16.5. The van der Waals surface area contributed by atoms with Crippen LogP contribution in [-0.2, 0) is 6.54 Å². The summed E-state index contributed by atoms with van der Waals surface area (Å²) >= 11 is 0. The second-order valence-electron chi connectivity index (χ2n) is 7.22. The molecule has 1 fully saturated rings. The summed E-state index contributed by atoms with van der Waals surface area (Å²) in [6, 6.07) is 11.6. The van der Waals surface area contributed by atoms with Crippen molar-refractivity contribution < 1.29 is 14.3 Å². The van der Waals surface area contributed by atoms with Crippen LogP contribution in [0, 0.1) is 0 Å². The third kappa shape index (κ3) is 3.44. The van der Waals surface area contributed by atoms with E-state index in [1.54, 1.807) is 13.3 Å². The number of ether oxygens (including phenoxy) is 2. The summed E-state index contributed by atoms with van der Waals surface area (Å²) in [5.41, 5.74) is 1.57. The molecule has 1 unspecified atom stereocenters. The van der Waals surface area contributed by atoms with E-state index in [1.165, 1.54) is 5.56 Å². The number of aromatic nitrogens is 1. The van der Waals surface area contributed by atoms with Crippen LogP contribution in [0.1, 0.15) is 41.6 Å². The van der Waals surface area contributed by atoms with Gasteiger partial charge in [0.2, 0.25) is 5.88 Å². The van der Waals surface area contributed by atoms with Crippen molar-refractivity contribution in [1.82, 2.24) is 9.88 Å². The maximum Gasteiger partial charge on any atom is 0.213 e. The van der Waals surface area contributed by atoms with Gasteiger partial charge < -0.3 is 9.47 Å². The van der Waals surface area contributed by atoms with E-state index in [1.807, 2.05) is 36.4 Å². The molecule has 5 heteroatoms. The van der Waals surface area contributed by atoms with Crippen LogP contribution in [-0.4, -0.2) is 41.5 Å². The number of hydrogen-bond acceptors (Lipinski definition) is 5. The number of methoxy groups -OCH3 is 1. The zero-order valence-electron chi connectivity index (χ0n) is 15.1. The lowest BCUT2D eigenvalue weighted by atomic mass is 9.84. The lowest BCUT2D eigenvalue weighted by Crippen LogP contribution is -2.42. The summed E-state index contributed by atoms with van der Waals surface area (Å²) in [5, 5.41) is 0. The number of pyridine rings is 1. The van der Waals surface area contributed by atoms with Gasteiger partial charge >= 0.3 is 0 Å². The fraction of sp³-hybridized carbons (Fsp3) is 0.429. The Kier molecular flexibility index (Phi) is 4.64. The minimum absolute atomic E-state index is 0.208. The Labute approximate surface area is 153 Å². The van der Waals surface area contributed by atoms with Gasteiger partial charge in [-0.15, -0.1) is 0 Å². The first-order chi connectivity index (χ1) is 12.7. The first-order valence-electron chi connectivity index (χ1n) is 9.20. The monoisotopic (exact) mass is 352 g/mol. The molecule has 0 amide bonds. The quantitative estimate of drug-likeness (QED) is 0.846. The van der Waals surface area contributed by atoms with E-state index in [9.17, 15) is 4.79 Å². The number of Topliss-reactive ketones (excluding diaryl/α,β-unsaturated/α-hetero) is 1. The van der Waals surface area contributed by atoms with Crippen LogP contribution >= 0.6 is 0 Å². The van der Waals surface area contributed by atoms with Gasteiger partial charge in [0.15, 0.2) is 5.78 Å². The Bertz CT molecular complexity index is 807. The highest BCUT2D eigenvalue weighted by molar-refractivity contribution is 6.00. The normalized spacial score (nSPS) is 23.2. The maximum atomic E-state index is 12.6. The number of benzene rings is 1. The molecule has 1 aromatic heterocycles. The molecule has 1 saturated heterocycles. The largest absolute Gasteiger partial charge is 0.486 e. The third-order valence-electron chi connectivity index (χ3n) is 5.40. The van der Waals surface area contributed by atoms with Crippen LogP contribution in [0.5, 0.6) is 11.6 Å². The molecule has 5 nitrogen and oxygen atoms in total. The van der Waals surface area contributed by atoms with Gasteiger partial charge in [0.25, 0.3) is 0 Å². The molecule has 26 heavy (non-hydrogen) atoms. The summed E-state index contributed by atoms with van der Waals surface area (Å²) < 4.78 is 11.6. The minimum atomic E-state index is -0.351. The van der Waals surface area contributed by atoms with Crippen molar-refractivity contribution in [2.24, 2.45) is 0 Å². The molecule has 0 saturated carbocycles. The number of hydrogen-bond donors (Lipinski definition) is 0. The number of ketones is 1. The zero-order chi connectivity index (χ0) is 18.0. The minimum Gasteiger partial charge on any atom is -0.486 e. The number of carbonyl (C=O) groups is 1. The Balaban J connectivity index is 1.46. The van der Waals surface area contributed by atoms with E-state index >= 15 is 0 Å². The van der Waals surface area contributed by atoms with Crippen molar-refractivity contribution >= 4 is 5.78 Å². The standard InChI is InChI=1S/C21H24N2O3/c1-25-20-13-16(7-10-22-20)15-23-11-4-8-21(9-12-23)14-18(24)17-5-2-3-6-19(17)26-21/h2-3,5-7,10,13H,4,8-9,11-12,14-15H2,1H3. The van der Waals surface area contributed by atoms with Gasteiger partial charge in [0.1, 0.15) is 11.4 Å². The molecule has 136 valence electrons. The summed E-state index contributed by atoms with van der Waals surface area (Å²) in [7, 11) is 1.64. The fourth-order valence-corrected chi connectivity index (χ4v) is 4.02. The smallest absolute Gasteiger partial charge is 0.213 e. The molecule has 2 aliphatic heterocycles. The lowest BCUT2D eigenvalue weighted by Gasteiger charge is -2.37. The molecule has 0 aliphatic carbocycles. The summed E-state index contributed by atoms with van der Waals surface area (Å²) in [5.74, 6) is 1.60. The van der Waals surface area contributed by atoms with Gasteiger partial charge in [0, 0.05) is 31.8 Å². The van der Waals surface area contributed by atoms with E-state index in [0.717, 1.165) is 50.2 Å². The van der Waals surface area contributed by atoms with Crippen LogP contribution in [0.15, 0.2) is 42.6 Å². The van der Waals surface area contributed by atoms with Gasteiger partial charge in [-0.2, -0.15) is 0 Å². The predicted molar refractivity (Wildman–Crippen MR) is 98.7 cm³/mol. The fourth-order valence-electron chi connectivity index (χ4n) is 4.02.